The molecule has 124 valence electrons. The molecule has 0 radical (unpaired) electrons. The van der Waals surface area contributed by atoms with Gasteiger partial charge in [0, 0.05) is 48.7 Å². The van der Waals surface area contributed by atoms with E-state index >= 15 is 0 Å². The number of likely N-dealkylation sites (tertiary alicyclic amines) is 1. The van der Waals surface area contributed by atoms with E-state index in [1.807, 2.05) is 23.1 Å². The fourth-order valence-corrected chi connectivity index (χ4v) is 4.13. The lowest BCUT2D eigenvalue weighted by Crippen LogP contribution is -2.35. The van der Waals surface area contributed by atoms with Crippen molar-refractivity contribution in [2.75, 3.05) is 19.7 Å². The molecule has 0 spiro atoms. The van der Waals surface area contributed by atoms with E-state index in [2.05, 4.69) is 9.97 Å². The summed E-state index contributed by atoms with van der Waals surface area (Å²) in [5.41, 5.74) is 0.783. The Morgan fingerprint density at radius 3 is 2.92 bits per heavy atom. The van der Waals surface area contributed by atoms with Crippen molar-refractivity contribution in [2.24, 2.45) is 11.3 Å². The van der Waals surface area contributed by atoms with Crippen LogP contribution in [-0.4, -0.2) is 40.5 Å². The molecule has 5 heteroatoms. The van der Waals surface area contributed by atoms with Crippen LogP contribution in [0.5, 0.6) is 5.88 Å². The number of hydrogen-bond donors (Lipinski definition) is 0. The topological polar surface area (TPSA) is 55.3 Å². The van der Waals surface area contributed by atoms with E-state index in [1.165, 1.54) is 12.8 Å². The number of aromatic nitrogens is 2. The highest BCUT2D eigenvalue weighted by atomic mass is 16.5. The third-order valence-electron chi connectivity index (χ3n) is 5.40. The Morgan fingerprint density at radius 1 is 1.25 bits per heavy atom. The largest absolute Gasteiger partial charge is 0.477 e. The Hall–Kier alpha value is -2.43. The summed E-state index contributed by atoms with van der Waals surface area (Å²) < 4.78 is 5.97. The molecule has 2 aromatic rings. The number of ether oxygens (including phenoxy) is 1. The average Bonchev–Trinajstić information content (AvgIpc) is 3.18. The molecule has 0 N–H and O–H groups in total. The summed E-state index contributed by atoms with van der Waals surface area (Å²) in [6, 6.07) is 9.27. The first-order chi connectivity index (χ1) is 11.8. The van der Waals surface area contributed by atoms with Crippen molar-refractivity contribution >= 4 is 5.91 Å². The van der Waals surface area contributed by atoms with Crippen molar-refractivity contribution in [1.29, 1.82) is 0 Å². The van der Waals surface area contributed by atoms with Gasteiger partial charge < -0.3 is 9.64 Å². The Morgan fingerprint density at radius 2 is 2.12 bits per heavy atom. The van der Waals surface area contributed by atoms with Gasteiger partial charge in [-0.1, -0.05) is 12.5 Å². The van der Waals surface area contributed by atoms with Crippen LogP contribution in [0.1, 0.15) is 29.6 Å². The molecule has 2 fully saturated rings. The van der Waals surface area contributed by atoms with E-state index in [0.29, 0.717) is 24.0 Å². The monoisotopic (exact) mass is 323 g/mol. The molecule has 2 aromatic heterocycles. The molecule has 2 atom stereocenters. The smallest absolute Gasteiger partial charge is 0.253 e. The maximum absolute atomic E-state index is 12.7. The van der Waals surface area contributed by atoms with E-state index in [0.717, 1.165) is 19.5 Å². The van der Waals surface area contributed by atoms with Crippen LogP contribution in [0.25, 0.3) is 0 Å². The van der Waals surface area contributed by atoms with Gasteiger partial charge in [-0.15, -0.1) is 0 Å². The zero-order valence-corrected chi connectivity index (χ0v) is 13.6. The van der Waals surface area contributed by atoms with Crippen molar-refractivity contribution in [2.45, 2.75) is 19.3 Å². The zero-order chi connectivity index (χ0) is 16.4. The van der Waals surface area contributed by atoms with Gasteiger partial charge >= 0.3 is 0 Å². The SMILES string of the molecule is O=C(c1ccncc1)N1C[C@H]2CCC[C@@]2(COc2ccccn2)C1. The van der Waals surface area contributed by atoms with Crippen LogP contribution in [0.15, 0.2) is 48.9 Å². The van der Waals surface area contributed by atoms with Gasteiger partial charge in [0.15, 0.2) is 0 Å². The van der Waals surface area contributed by atoms with Crippen molar-refractivity contribution < 1.29 is 9.53 Å². The van der Waals surface area contributed by atoms with E-state index in [9.17, 15) is 4.79 Å². The van der Waals surface area contributed by atoms with Crippen LogP contribution in [-0.2, 0) is 0 Å². The molecular formula is C19H21N3O2. The first-order valence-electron chi connectivity index (χ1n) is 8.50. The number of rotatable bonds is 4. The molecule has 4 rings (SSSR count). The second-order valence-corrected chi connectivity index (χ2v) is 6.83. The van der Waals surface area contributed by atoms with Crippen LogP contribution in [0.3, 0.4) is 0 Å². The van der Waals surface area contributed by atoms with Gasteiger partial charge in [-0.25, -0.2) is 4.98 Å². The lowest BCUT2D eigenvalue weighted by atomic mass is 9.81. The summed E-state index contributed by atoms with van der Waals surface area (Å²) in [5, 5.41) is 0. The molecule has 0 aromatic carbocycles. The molecule has 1 saturated carbocycles. The average molecular weight is 323 g/mol. The molecule has 0 bridgehead atoms. The fraction of sp³-hybridized carbons (Fsp3) is 0.421. The lowest BCUT2D eigenvalue weighted by Gasteiger charge is -2.28. The predicted molar refractivity (Wildman–Crippen MR) is 89.6 cm³/mol. The van der Waals surface area contributed by atoms with Crippen molar-refractivity contribution in [1.82, 2.24) is 14.9 Å². The highest BCUT2D eigenvalue weighted by molar-refractivity contribution is 5.94. The lowest BCUT2D eigenvalue weighted by molar-refractivity contribution is 0.0744. The fourth-order valence-electron chi connectivity index (χ4n) is 4.13. The quantitative estimate of drug-likeness (QED) is 0.868. The third kappa shape index (κ3) is 2.75. The first kappa shape index (κ1) is 15.1. The second kappa shape index (κ2) is 6.23. The van der Waals surface area contributed by atoms with Gasteiger partial charge in [0.05, 0.1) is 6.61 Å². The van der Waals surface area contributed by atoms with Crippen LogP contribution < -0.4 is 4.74 Å². The number of nitrogens with zero attached hydrogens (tertiary/aromatic N) is 3. The third-order valence-corrected chi connectivity index (χ3v) is 5.40. The van der Waals surface area contributed by atoms with Crippen LogP contribution in [0.4, 0.5) is 0 Å². The van der Waals surface area contributed by atoms with E-state index < -0.39 is 0 Å². The maximum Gasteiger partial charge on any atom is 0.253 e. The summed E-state index contributed by atoms with van der Waals surface area (Å²) in [4.78, 5) is 23.0. The number of carbonyl (C=O) groups is 1. The van der Waals surface area contributed by atoms with E-state index in [4.69, 9.17) is 4.74 Å². The highest BCUT2D eigenvalue weighted by Gasteiger charge is 2.51. The Balaban J connectivity index is 1.48. The Kier molecular flexibility index (Phi) is 3.92. The molecule has 2 aliphatic rings. The maximum atomic E-state index is 12.7. The van der Waals surface area contributed by atoms with Gasteiger partial charge in [0.25, 0.3) is 5.91 Å². The predicted octanol–water partition coefficient (Wildman–Crippen LogP) is 2.80. The first-order valence-corrected chi connectivity index (χ1v) is 8.50. The number of pyridine rings is 2. The molecular weight excluding hydrogens is 302 g/mol. The molecule has 24 heavy (non-hydrogen) atoms. The minimum Gasteiger partial charge on any atom is -0.477 e. The Labute approximate surface area is 141 Å². The van der Waals surface area contributed by atoms with Crippen molar-refractivity contribution in [3.05, 3.63) is 54.5 Å². The van der Waals surface area contributed by atoms with Gasteiger partial charge in [-0.2, -0.15) is 0 Å². The number of fused-ring (bicyclic) bond motifs is 1. The molecule has 1 saturated heterocycles. The van der Waals surface area contributed by atoms with Gasteiger partial charge in [-0.05, 0) is 37.0 Å². The standard InChI is InChI=1S/C19H21N3O2/c23-18(15-6-10-20-11-7-15)22-12-16-4-3-8-19(16,13-22)14-24-17-5-1-2-9-21-17/h1-2,5-7,9-11,16H,3-4,8,12-14H2/t16-,19+/m1/s1. The second-order valence-electron chi connectivity index (χ2n) is 6.83. The minimum atomic E-state index is 0.0697. The number of carbonyl (C=O) groups excluding carboxylic acids is 1. The number of amides is 1. The molecule has 3 heterocycles. The van der Waals surface area contributed by atoms with Crippen molar-refractivity contribution in [3.63, 3.8) is 0 Å². The minimum absolute atomic E-state index is 0.0697. The highest BCUT2D eigenvalue weighted by Crippen LogP contribution is 2.49. The molecule has 0 unspecified atom stereocenters. The van der Waals surface area contributed by atoms with Crippen LogP contribution in [0, 0.1) is 11.3 Å². The molecule has 1 aliphatic carbocycles. The summed E-state index contributed by atoms with van der Waals surface area (Å²) in [5.74, 6) is 1.28. The normalized spacial score (nSPS) is 25.5. The summed E-state index contributed by atoms with van der Waals surface area (Å²) >= 11 is 0. The van der Waals surface area contributed by atoms with E-state index in [1.54, 1.807) is 30.7 Å². The van der Waals surface area contributed by atoms with Crippen molar-refractivity contribution in [3.8, 4) is 5.88 Å². The van der Waals surface area contributed by atoms with E-state index in [-0.39, 0.29) is 11.3 Å². The molecule has 1 amide bonds. The van der Waals surface area contributed by atoms with Crippen LogP contribution in [0.2, 0.25) is 0 Å². The van der Waals surface area contributed by atoms with Gasteiger partial charge in [0.1, 0.15) is 0 Å². The molecule has 1 aliphatic heterocycles. The van der Waals surface area contributed by atoms with Gasteiger partial charge in [0.2, 0.25) is 5.88 Å². The van der Waals surface area contributed by atoms with Gasteiger partial charge in [-0.3, -0.25) is 9.78 Å². The summed E-state index contributed by atoms with van der Waals surface area (Å²) in [6.07, 6.45) is 8.59. The Bertz CT molecular complexity index is 707. The summed E-state index contributed by atoms with van der Waals surface area (Å²) in [7, 11) is 0. The number of hydrogen-bond acceptors (Lipinski definition) is 4. The molecule has 5 nitrogen and oxygen atoms in total. The summed E-state index contributed by atoms with van der Waals surface area (Å²) in [6.45, 7) is 2.23. The zero-order valence-electron chi connectivity index (χ0n) is 13.6. The van der Waals surface area contributed by atoms with Crippen LogP contribution >= 0.6 is 0 Å².